The summed E-state index contributed by atoms with van der Waals surface area (Å²) in [6.07, 6.45) is 1.07. The number of amides is 1. The summed E-state index contributed by atoms with van der Waals surface area (Å²) in [6, 6.07) is 11.5. The molecule has 27 heavy (non-hydrogen) atoms. The van der Waals surface area contributed by atoms with Crippen molar-refractivity contribution in [1.29, 1.82) is 0 Å². The Balaban J connectivity index is 2.07. The number of nitrogens with zero attached hydrogens (tertiary/aromatic N) is 1. The Morgan fingerprint density at radius 3 is 2.41 bits per heavy atom. The van der Waals surface area contributed by atoms with Gasteiger partial charge in [0.2, 0.25) is 5.91 Å². The van der Waals surface area contributed by atoms with Gasteiger partial charge in [-0.1, -0.05) is 26.0 Å². The number of nitrogens with one attached hydrogen (secondary N) is 2. The predicted molar refractivity (Wildman–Crippen MR) is 107 cm³/mol. The van der Waals surface area contributed by atoms with Crippen LogP contribution in [-0.2, 0) is 4.79 Å². The van der Waals surface area contributed by atoms with Crippen LogP contribution in [0.5, 0.6) is 5.75 Å². The SMILES string of the molecule is CC[C@@H](C)c1ccc(N[C@H](C)C(=O)Nc2cc([N+](=O)[O-])ccc2OC)cc1. The van der Waals surface area contributed by atoms with Crippen LogP contribution in [0.25, 0.3) is 0 Å². The number of carbonyl (C=O) groups is 1. The highest BCUT2D eigenvalue weighted by Gasteiger charge is 2.17. The largest absolute Gasteiger partial charge is 0.495 e. The zero-order valence-corrected chi connectivity index (χ0v) is 16.0. The Kier molecular flexibility index (Phi) is 6.76. The van der Waals surface area contributed by atoms with Crippen LogP contribution in [0.1, 0.15) is 38.7 Å². The topological polar surface area (TPSA) is 93.5 Å². The highest BCUT2D eigenvalue weighted by molar-refractivity contribution is 5.97. The maximum Gasteiger partial charge on any atom is 0.271 e. The van der Waals surface area contributed by atoms with E-state index in [0.29, 0.717) is 11.7 Å². The van der Waals surface area contributed by atoms with Crippen molar-refractivity contribution >= 4 is 23.0 Å². The Labute approximate surface area is 158 Å². The molecular weight excluding hydrogens is 346 g/mol. The van der Waals surface area contributed by atoms with E-state index in [9.17, 15) is 14.9 Å². The third kappa shape index (κ3) is 5.20. The molecule has 0 aliphatic heterocycles. The van der Waals surface area contributed by atoms with Gasteiger partial charge in [-0.2, -0.15) is 0 Å². The number of carbonyl (C=O) groups excluding carboxylic acids is 1. The molecule has 0 spiro atoms. The van der Waals surface area contributed by atoms with E-state index in [2.05, 4.69) is 24.5 Å². The molecule has 0 saturated heterocycles. The smallest absolute Gasteiger partial charge is 0.271 e. The summed E-state index contributed by atoms with van der Waals surface area (Å²) in [7, 11) is 1.44. The highest BCUT2D eigenvalue weighted by atomic mass is 16.6. The summed E-state index contributed by atoms with van der Waals surface area (Å²) in [5, 5.41) is 16.8. The Morgan fingerprint density at radius 2 is 1.85 bits per heavy atom. The maximum atomic E-state index is 12.5. The quantitative estimate of drug-likeness (QED) is 0.524. The van der Waals surface area contributed by atoms with Gasteiger partial charge in [-0.3, -0.25) is 14.9 Å². The third-order valence-electron chi connectivity index (χ3n) is 4.52. The molecule has 0 bridgehead atoms. The predicted octanol–water partition coefficient (Wildman–Crippen LogP) is 4.56. The van der Waals surface area contributed by atoms with E-state index < -0.39 is 11.0 Å². The molecule has 2 rings (SSSR count). The molecule has 144 valence electrons. The van der Waals surface area contributed by atoms with Crippen molar-refractivity contribution in [2.24, 2.45) is 0 Å². The van der Waals surface area contributed by atoms with E-state index in [1.54, 1.807) is 6.92 Å². The fourth-order valence-corrected chi connectivity index (χ4v) is 2.61. The molecule has 2 aromatic carbocycles. The van der Waals surface area contributed by atoms with Gasteiger partial charge in [0, 0.05) is 17.8 Å². The van der Waals surface area contributed by atoms with Crippen LogP contribution in [-0.4, -0.2) is 24.0 Å². The molecule has 0 radical (unpaired) electrons. The maximum absolute atomic E-state index is 12.5. The average molecular weight is 371 g/mol. The number of hydrogen-bond acceptors (Lipinski definition) is 5. The molecule has 0 saturated carbocycles. The summed E-state index contributed by atoms with van der Waals surface area (Å²) in [5.74, 6) is 0.528. The number of non-ortho nitro benzene ring substituents is 1. The molecule has 0 unspecified atom stereocenters. The number of anilines is 2. The van der Waals surface area contributed by atoms with Crippen LogP contribution in [0.2, 0.25) is 0 Å². The van der Waals surface area contributed by atoms with Crippen LogP contribution in [0.4, 0.5) is 17.1 Å². The monoisotopic (exact) mass is 371 g/mol. The molecule has 0 fully saturated rings. The molecule has 2 atom stereocenters. The van der Waals surface area contributed by atoms with E-state index in [-0.39, 0.29) is 17.3 Å². The van der Waals surface area contributed by atoms with Gasteiger partial charge in [0.1, 0.15) is 11.8 Å². The number of rotatable bonds is 8. The first-order valence-corrected chi connectivity index (χ1v) is 8.85. The first kappa shape index (κ1) is 20.2. The van der Waals surface area contributed by atoms with E-state index in [1.807, 2.05) is 24.3 Å². The van der Waals surface area contributed by atoms with Crippen molar-refractivity contribution in [3.8, 4) is 5.75 Å². The molecular formula is C20H25N3O4. The van der Waals surface area contributed by atoms with Gasteiger partial charge in [0.05, 0.1) is 17.7 Å². The first-order chi connectivity index (χ1) is 12.8. The van der Waals surface area contributed by atoms with E-state index >= 15 is 0 Å². The number of ether oxygens (including phenoxy) is 1. The second kappa shape index (κ2) is 9.02. The van der Waals surface area contributed by atoms with Crippen LogP contribution in [0.15, 0.2) is 42.5 Å². The summed E-state index contributed by atoms with van der Waals surface area (Å²) < 4.78 is 5.17. The summed E-state index contributed by atoms with van der Waals surface area (Å²) in [5.41, 5.74) is 2.22. The van der Waals surface area contributed by atoms with Gasteiger partial charge in [0.15, 0.2) is 0 Å². The third-order valence-corrected chi connectivity index (χ3v) is 4.52. The number of methoxy groups -OCH3 is 1. The molecule has 2 aromatic rings. The minimum absolute atomic E-state index is 0.118. The Bertz CT molecular complexity index is 805. The van der Waals surface area contributed by atoms with E-state index in [4.69, 9.17) is 4.74 Å². The zero-order valence-electron chi connectivity index (χ0n) is 16.0. The van der Waals surface area contributed by atoms with Gasteiger partial charge in [0.25, 0.3) is 5.69 Å². The van der Waals surface area contributed by atoms with Crippen molar-refractivity contribution in [3.63, 3.8) is 0 Å². The van der Waals surface area contributed by atoms with Gasteiger partial charge in [-0.05, 0) is 43.0 Å². The van der Waals surface area contributed by atoms with Crippen molar-refractivity contribution in [2.45, 2.75) is 39.2 Å². The number of nitro groups is 1. The first-order valence-electron chi connectivity index (χ1n) is 8.85. The fraction of sp³-hybridized carbons (Fsp3) is 0.350. The van der Waals surface area contributed by atoms with Crippen molar-refractivity contribution in [2.75, 3.05) is 17.7 Å². The molecule has 0 heterocycles. The van der Waals surface area contributed by atoms with Gasteiger partial charge < -0.3 is 15.4 Å². The number of hydrogen-bond donors (Lipinski definition) is 2. The van der Waals surface area contributed by atoms with Crippen molar-refractivity contribution in [1.82, 2.24) is 0 Å². The van der Waals surface area contributed by atoms with Crippen LogP contribution < -0.4 is 15.4 Å². The normalized spacial score (nSPS) is 12.7. The minimum Gasteiger partial charge on any atom is -0.495 e. The second-order valence-electron chi connectivity index (χ2n) is 6.43. The van der Waals surface area contributed by atoms with Crippen LogP contribution in [0, 0.1) is 10.1 Å². The molecule has 0 aliphatic carbocycles. The Morgan fingerprint density at radius 1 is 1.19 bits per heavy atom. The molecule has 2 N–H and O–H groups in total. The molecule has 0 aliphatic rings. The zero-order chi connectivity index (χ0) is 20.0. The lowest BCUT2D eigenvalue weighted by Crippen LogP contribution is -2.32. The fourth-order valence-electron chi connectivity index (χ4n) is 2.61. The minimum atomic E-state index is -0.539. The van der Waals surface area contributed by atoms with E-state index in [0.717, 1.165) is 12.1 Å². The lowest BCUT2D eigenvalue weighted by molar-refractivity contribution is -0.384. The van der Waals surface area contributed by atoms with Gasteiger partial charge >= 0.3 is 0 Å². The lowest BCUT2D eigenvalue weighted by Gasteiger charge is -2.17. The molecule has 1 amide bonds. The van der Waals surface area contributed by atoms with Crippen molar-refractivity contribution in [3.05, 3.63) is 58.1 Å². The number of benzene rings is 2. The van der Waals surface area contributed by atoms with Crippen LogP contribution >= 0.6 is 0 Å². The number of nitro benzene ring substituents is 1. The van der Waals surface area contributed by atoms with Crippen LogP contribution in [0.3, 0.4) is 0 Å². The Hall–Kier alpha value is -3.09. The lowest BCUT2D eigenvalue weighted by atomic mass is 9.98. The summed E-state index contributed by atoms with van der Waals surface area (Å²) in [6.45, 7) is 6.04. The van der Waals surface area contributed by atoms with E-state index in [1.165, 1.54) is 30.9 Å². The summed E-state index contributed by atoms with van der Waals surface area (Å²) in [4.78, 5) is 22.9. The molecule has 0 aromatic heterocycles. The summed E-state index contributed by atoms with van der Waals surface area (Å²) >= 11 is 0. The molecule has 7 heteroatoms. The van der Waals surface area contributed by atoms with Gasteiger partial charge in [-0.15, -0.1) is 0 Å². The molecule has 7 nitrogen and oxygen atoms in total. The van der Waals surface area contributed by atoms with Crippen molar-refractivity contribution < 1.29 is 14.5 Å². The van der Waals surface area contributed by atoms with Gasteiger partial charge in [-0.25, -0.2) is 0 Å². The standard InChI is InChI=1S/C20H25N3O4/c1-5-13(2)15-6-8-16(9-7-15)21-14(3)20(24)22-18-12-17(23(25)26)10-11-19(18)27-4/h6-14,21H,5H2,1-4H3,(H,22,24)/t13-,14-/m1/s1. The second-order valence-corrected chi connectivity index (χ2v) is 6.43. The average Bonchev–Trinajstić information content (AvgIpc) is 2.67. The highest BCUT2D eigenvalue weighted by Crippen LogP contribution is 2.29.